The van der Waals surface area contributed by atoms with Crippen LogP contribution in [0.3, 0.4) is 0 Å². The molecule has 2 aliphatic rings. The Morgan fingerprint density at radius 1 is 1.26 bits per heavy atom. The Bertz CT molecular complexity index is 750. The summed E-state index contributed by atoms with van der Waals surface area (Å²) in [5.41, 5.74) is -0.505. The Hall–Kier alpha value is -1.04. The summed E-state index contributed by atoms with van der Waals surface area (Å²) in [6.45, 7) is 15.9. The van der Waals surface area contributed by atoms with Crippen LogP contribution in [0, 0.1) is 0 Å². The number of β-amino-alcohol motifs (C(OH)–C–C–N with tert-alkyl or cyclic N) is 1. The van der Waals surface area contributed by atoms with Crippen LogP contribution in [0.1, 0.15) is 48.5 Å². The zero-order valence-electron chi connectivity index (χ0n) is 20.0. The zero-order chi connectivity index (χ0) is 23.2. The van der Waals surface area contributed by atoms with E-state index in [0.29, 0.717) is 24.8 Å². The summed E-state index contributed by atoms with van der Waals surface area (Å²) in [5, 5.41) is 23.5. The van der Waals surface area contributed by atoms with Gasteiger partial charge in [-0.25, -0.2) is 0 Å². The van der Waals surface area contributed by atoms with E-state index in [1.165, 1.54) is 0 Å². The number of likely N-dealkylation sites (N-methyl/N-ethyl adjacent to an activating group) is 1. The molecule has 10 heteroatoms. The predicted molar refractivity (Wildman–Crippen MR) is 122 cm³/mol. The molecule has 0 amide bonds. The molecule has 31 heavy (non-hydrogen) atoms. The van der Waals surface area contributed by atoms with Crippen LogP contribution in [0.4, 0.5) is 5.82 Å². The van der Waals surface area contributed by atoms with E-state index in [9.17, 15) is 10.2 Å². The van der Waals surface area contributed by atoms with Gasteiger partial charge in [0.05, 0.1) is 36.6 Å². The van der Waals surface area contributed by atoms with Gasteiger partial charge in [0.1, 0.15) is 12.7 Å². The molecule has 9 nitrogen and oxygen atoms in total. The summed E-state index contributed by atoms with van der Waals surface area (Å²) in [6, 6.07) is 0.00836. The number of hydrogen-bond acceptors (Lipinski definition) is 10. The summed E-state index contributed by atoms with van der Waals surface area (Å²) in [6.07, 6.45) is -1.10. The van der Waals surface area contributed by atoms with Gasteiger partial charge in [0.25, 0.3) is 5.88 Å². The second-order valence-corrected chi connectivity index (χ2v) is 11.3. The van der Waals surface area contributed by atoms with Crippen molar-refractivity contribution in [1.82, 2.24) is 19.0 Å². The first-order valence-corrected chi connectivity index (χ1v) is 11.7. The van der Waals surface area contributed by atoms with Crippen LogP contribution in [-0.2, 0) is 4.74 Å². The maximum atomic E-state index is 10.3. The van der Waals surface area contributed by atoms with Crippen molar-refractivity contribution in [2.24, 2.45) is 0 Å². The van der Waals surface area contributed by atoms with E-state index in [2.05, 4.69) is 79.4 Å². The third-order valence-electron chi connectivity index (χ3n) is 6.71. The van der Waals surface area contributed by atoms with Gasteiger partial charge in [-0.2, -0.15) is 4.37 Å². The Labute approximate surface area is 190 Å². The minimum absolute atomic E-state index is 0.00836. The number of nitrogens with zero attached hydrogens (tertiary/aromatic N) is 4. The average molecular weight is 458 g/mol. The molecule has 0 bridgehead atoms. The molecule has 3 unspecified atom stereocenters. The quantitative estimate of drug-likeness (QED) is 0.555. The lowest BCUT2D eigenvalue weighted by molar-refractivity contribution is -0.0908. The highest BCUT2D eigenvalue weighted by Crippen LogP contribution is 2.48. The molecule has 3 heterocycles. The lowest BCUT2D eigenvalue weighted by Crippen LogP contribution is -2.62. The van der Waals surface area contributed by atoms with E-state index in [4.69, 9.17) is 9.47 Å². The van der Waals surface area contributed by atoms with Crippen LogP contribution in [0.2, 0.25) is 0 Å². The summed E-state index contributed by atoms with van der Waals surface area (Å²) >= 11 is 1.09. The van der Waals surface area contributed by atoms with E-state index >= 15 is 0 Å². The van der Waals surface area contributed by atoms with Gasteiger partial charge in [0.2, 0.25) is 5.82 Å². The van der Waals surface area contributed by atoms with E-state index in [0.717, 1.165) is 11.7 Å². The van der Waals surface area contributed by atoms with Crippen LogP contribution in [0.5, 0.6) is 5.88 Å². The number of aliphatic hydroxyl groups is 2. The topological polar surface area (TPSA) is 103 Å². The van der Waals surface area contributed by atoms with Crippen molar-refractivity contribution in [3.05, 3.63) is 0 Å². The molecule has 0 aromatic carbocycles. The number of fused-ring (bicyclic) bond motifs is 1. The zero-order valence-corrected chi connectivity index (χ0v) is 20.9. The average Bonchev–Trinajstić information content (AvgIpc) is 3.21. The van der Waals surface area contributed by atoms with Gasteiger partial charge in [-0.05, 0) is 55.5 Å². The van der Waals surface area contributed by atoms with E-state index in [-0.39, 0.29) is 48.1 Å². The molecule has 2 saturated heterocycles. The predicted octanol–water partition coefficient (Wildman–Crippen LogP) is 1.10. The third-order valence-corrected chi connectivity index (χ3v) is 7.21. The van der Waals surface area contributed by atoms with E-state index in [1.54, 1.807) is 0 Å². The molecule has 1 aromatic rings. The van der Waals surface area contributed by atoms with Gasteiger partial charge >= 0.3 is 0 Å². The van der Waals surface area contributed by atoms with Crippen LogP contribution < -0.4 is 15.0 Å². The Morgan fingerprint density at radius 2 is 1.94 bits per heavy atom. The maximum absolute atomic E-state index is 10.3. The second-order valence-electron chi connectivity index (χ2n) is 10.8. The summed E-state index contributed by atoms with van der Waals surface area (Å²) < 4.78 is 21.2. The van der Waals surface area contributed by atoms with E-state index in [1.807, 2.05) is 0 Å². The van der Waals surface area contributed by atoms with Crippen molar-refractivity contribution in [2.75, 3.05) is 38.3 Å². The first kappa shape index (κ1) is 24.6. The fourth-order valence-corrected chi connectivity index (χ4v) is 5.19. The third kappa shape index (κ3) is 4.84. The summed E-state index contributed by atoms with van der Waals surface area (Å²) in [4.78, 5) is 4.52. The molecule has 2 fully saturated rings. The van der Waals surface area contributed by atoms with Gasteiger partial charge in [-0.1, -0.05) is 0 Å². The highest BCUT2D eigenvalue weighted by Gasteiger charge is 2.62. The minimum atomic E-state index is -0.663. The van der Waals surface area contributed by atoms with Crippen molar-refractivity contribution >= 4 is 17.5 Å². The largest absolute Gasteiger partial charge is 0.472 e. The van der Waals surface area contributed by atoms with Crippen molar-refractivity contribution in [3.8, 4) is 5.88 Å². The molecule has 3 N–H and O–H groups in total. The van der Waals surface area contributed by atoms with Crippen molar-refractivity contribution < 1.29 is 19.7 Å². The highest BCUT2D eigenvalue weighted by atomic mass is 32.1. The Morgan fingerprint density at radius 3 is 2.55 bits per heavy atom. The molecule has 0 radical (unpaired) electrons. The Kier molecular flexibility index (Phi) is 6.92. The number of likely N-dealkylation sites (tertiary alicyclic amines) is 1. The monoisotopic (exact) mass is 457 g/mol. The fourth-order valence-electron chi connectivity index (χ4n) is 4.68. The normalized spacial score (nSPS) is 29.1. The van der Waals surface area contributed by atoms with Gasteiger partial charge in [-0.3, -0.25) is 4.90 Å². The number of nitrogens with one attached hydrogen (secondary N) is 1. The van der Waals surface area contributed by atoms with E-state index < -0.39 is 6.10 Å². The number of morpholine rings is 1. The van der Waals surface area contributed by atoms with Gasteiger partial charge < -0.3 is 29.9 Å². The molecule has 3 rings (SSSR count). The number of aromatic nitrogens is 2. The van der Waals surface area contributed by atoms with Crippen LogP contribution in [0.25, 0.3) is 0 Å². The number of anilines is 1. The molecule has 0 aliphatic carbocycles. The van der Waals surface area contributed by atoms with Crippen LogP contribution in [0.15, 0.2) is 0 Å². The standard InChI is InChI=1S/C21H39N5O4S/c1-19(2,3)22-9-13(28)12-29-18-17(23-31-24-18)26-10-14(11-27)30-16-15(26)20(4,5)25(8)21(16,6)7/h13-16,22,27-28H,9-12H2,1-8H3/t13-,14?,15?,16?/m0/s1. The first-order valence-electron chi connectivity index (χ1n) is 10.9. The van der Waals surface area contributed by atoms with Gasteiger partial charge in [-0.15, -0.1) is 4.37 Å². The molecule has 0 spiro atoms. The van der Waals surface area contributed by atoms with Crippen LogP contribution >= 0.6 is 11.7 Å². The van der Waals surface area contributed by atoms with Crippen molar-refractivity contribution in [1.29, 1.82) is 0 Å². The fraction of sp³-hybridized carbons (Fsp3) is 0.905. The number of hydrogen-bond donors (Lipinski definition) is 3. The van der Waals surface area contributed by atoms with Gasteiger partial charge in [0.15, 0.2) is 0 Å². The second kappa shape index (κ2) is 8.72. The minimum Gasteiger partial charge on any atom is -0.472 e. The smallest absolute Gasteiger partial charge is 0.270 e. The summed E-state index contributed by atoms with van der Waals surface area (Å²) in [5.74, 6) is 1.07. The molecular formula is C21H39N5O4S. The molecular weight excluding hydrogens is 418 g/mol. The summed E-state index contributed by atoms with van der Waals surface area (Å²) in [7, 11) is 2.11. The number of rotatable bonds is 7. The lowest BCUT2D eigenvalue weighted by Gasteiger charge is -2.46. The maximum Gasteiger partial charge on any atom is 0.270 e. The number of ether oxygens (including phenoxy) is 2. The lowest BCUT2D eigenvalue weighted by atomic mass is 9.87. The molecule has 178 valence electrons. The SMILES string of the molecule is CN1C(C)(C)C2OC(CO)CN(c3nsnc3OC[C@@H](O)CNC(C)(C)C)C2C1(C)C. The molecule has 2 aliphatic heterocycles. The van der Waals surface area contributed by atoms with Gasteiger partial charge in [0, 0.05) is 29.7 Å². The first-order chi connectivity index (χ1) is 14.3. The Balaban J connectivity index is 1.81. The van der Waals surface area contributed by atoms with Crippen molar-refractivity contribution in [3.63, 3.8) is 0 Å². The molecule has 1 aromatic heterocycles. The highest BCUT2D eigenvalue weighted by molar-refractivity contribution is 6.99. The van der Waals surface area contributed by atoms with Crippen LogP contribution in [-0.4, -0.2) is 98.2 Å². The molecule has 0 saturated carbocycles. The van der Waals surface area contributed by atoms with Crippen molar-refractivity contribution in [2.45, 2.75) is 89.4 Å². The number of aliphatic hydroxyl groups excluding tert-OH is 2. The molecule has 4 atom stereocenters.